The first-order valence-corrected chi connectivity index (χ1v) is 7.10. The Morgan fingerprint density at radius 1 is 0.952 bits per heavy atom. The van der Waals surface area contributed by atoms with E-state index < -0.39 is 0 Å². The van der Waals surface area contributed by atoms with E-state index in [-0.39, 0.29) is 12.6 Å². The summed E-state index contributed by atoms with van der Waals surface area (Å²) < 4.78 is 0. The van der Waals surface area contributed by atoms with Crippen molar-refractivity contribution in [3.63, 3.8) is 0 Å². The van der Waals surface area contributed by atoms with Gasteiger partial charge in [0.05, 0.1) is 18.2 Å². The van der Waals surface area contributed by atoms with Gasteiger partial charge in [-0.25, -0.2) is 0 Å². The lowest BCUT2D eigenvalue weighted by molar-refractivity contribution is 0.244. The van der Waals surface area contributed by atoms with Crippen molar-refractivity contribution in [1.29, 1.82) is 0 Å². The molecule has 0 spiro atoms. The second-order valence-corrected chi connectivity index (χ2v) is 5.02. The highest BCUT2D eigenvalue weighted by Gasteiger charge is 2.10. The maximum atomic E-state index is 9.59. The molecule has 0 amide bonds. The molecule has 0 bridgehead atoms. The van der Waals surface area contributed by atoms with Crippen LogP contribution in [0.3, 0.4) is 0 Å². The monoisotopic (exact) mass is 278 g/mol. The van der Waals surface area contributed by atoms with E-state index in [2.05, 4.69) is 28.5 Å². The van der Waals surface area contributed by atoms with E-state index in [9.17, 15) is 5.11 Å². The molecule has 0 radical (unpaired) electrons. The van der Waals surface area contributed by atoms with Crippen molar-refractivity contribution >= 4 is 10.9 Å². The molecule has 21 heavy (non-hydrogen) atoms. The summed E-state index contributed by atoms with van der Waals surface area (Å²) in [4.78, 5) is 4.46. The fourth-order valence-corrected chi connectivity index (χ4v) is 2.52. The van der Waals surface area contributed by atoms with Gasteiger partial charge < -0.3 is 10.4 Å². The van der Waals surface area contributed by atoms with Crippen LogP contribution < -0.4 is 5.32 Å². The number of aliphatic hydroxyl groups excluding tert-OH is 1. The Balaban J connectivity index is 1.79. The Labute approximate surface area is 124 Å². The van der Waals surface area contributed by atoms with E-state index in [1.165, 1.54) is 0 Å². The number of fused-ring (bicyclic) bond motifs is 1. The molecule has 2 aromatic carbocycles. The number of nitrogens with zero attached hydrogens (tertiary/aromatic N) is 1. The van der Waals surface area contributed by atoms with Crippen molar-refractivity contribution in [1.82, 2.24) is 10.3 Å². The fraction of sp³-hybridized carbons (Fsp3) is 0.167. The minimum Gasteiger partial charge on any atom is -0.394 e. The number of para-hydroxylation sites is 1. The summed E-state index contributed by atoms with van der Waals surface area (Å²) in [5, 5.41) is 14.1. The van der Waals surface area contributed by atoms with Crippen LogP contribution in [0.1, 0.15) is 17.2 Å². The van der Waals surface area contributed by atoms with E-state index in [1.807, 2.05) is 48.7 Å². The van der Waals surface area contributed by atoms with Crippen LogP contribution >= 0.6 is 0 Å². The van der Waals surface area contributed by atoms with Gasteiger partial charge in [-0.15, -0.1) is 0 Å². The van der Waals surface area contributed by atoms with Gasteiger partial charge in [0.1, 0.15) is 0 Å². The Kier molecular flexibility index (Phi) is 4.24. The van der Waals surface area contributed by atoms with Crippen molar-refractivity contribution < 1.29 is 5.11 Å². The molecule has 0 fully saturated rings. The van der Waals surface area contributed by atoms with Crippen molar-refractivity contribution in [3.05, 3.63) is 78.0 Å². The van der Waals surface area contributed by atoms with Gasteiger partial charge in [0.25, 0.3) is 0 Å². The molecule has 106 valence electrons. The summed E-state index contributed by atoms with van der Waals surface area (Å²) in [6.07, 6.45) is 1.81. The summed E-state index contributed by atoms with van der Waals surface area (Å²) >= 11 is 0. The minimum atomic E-state index is -0.0647. The number of rotatable bonds is 5. The van der Waals surface area contributed by atoms with Gasteiger partial charge in [0.2, 0.25) is 0 Å². The molecule has 3 aromatic rings. The van der Waals surface area contributed by atoms with Crippen molar-refractivity contribution in [2.45, 2.75) is 12.6 Å². The molecule has 3 rings (SSSR count). The SMILES string of the molecule is OC[C@H](NCc1cccc2cccnc12)c1ccccc1. The summed E-state index contributed by atoms with van der Waals surface area (Å²) in [5.74, 6) is 0. The normalized spacial score (nSPS) is 12.4. The van der Waals surface area contributed by atoms with Crippen molar-refractivity contribution in [3.8, 4) is 0 Å². The van der Waals surface area contributed by atoms with Crippen molar-refractivity contribution in [2.75, 3.05) is 6.61 Å². The van der Waals surface area contributed by atoms with E-state index in [0.717, 1.165) is 22.0 Å². The van der Waals surface area contributed by atoms with Crippen LogP contribution in [0.25, 0.3) is 10.9 Å². The van der Waals surface area contributed by atoms with E-state index >= 15 is 0 Å². The topological polar surface area (TPSA) is 45.1 Å². The van der Waals surface area contributed by atoms with Crippen LogP contribution in [0, 0.1) is 0 Å². The van der Waals surface area contributed by atoms with Crippen LogP contribution in [0.2, 0.25) is 0 Å². The number of hydrogen-bond acceptors (Lipinski definition) is 3. The predicted octanol–water partition coefficient (Wildman–Crippen LogP) is 3.06. The molecule has 2 N–H and O–H groups in total. The predicted molar refractivity (Wildman–Crippen MR) is 84.9 cm³/mol. The van der Waals surface area contributed by atoms with Crippen LogP contribution in [0.15, 0.2) is 66.9 Å². The minimum absolute atomic E-state index is 0.0647. The highest BCUT2D eigenvalue weighted by atomic mass is 16.3. The zero-order valence-corrected chi connectivity index (χ0v) is 11.7. The highest BCUT2D eigenvalue weighted by Crippen LogP contribution is 2.18. The number of hydrogen-bond donors (Lipinski definition) is 2. The largest absolute Gasteiger partial charge is 0.394 e. The molecule has 3 nitrogen and oxygen atoms in total. The molecule has 0 saturated heterocycles. The maximum absolute atomic E-state index is 9.59. The van der Waals surface area contributed by atoms with E-state index in [0.29, 0.717) is 6.54 Å². The Morgan fingerprint density at radius 3 is 2.57 bits per heavy atom. The van der Waals surface area contributed by atoms with E-state index in [1.54, 1.807) is 0 Å². The molecular weight excluding hydrogens is 260 g/mol. The summed E-state index contributed by atoms with van der Waals surface area (Å²) in [5.41, 5.74) is 3.24. The van der Waals surface area contributed by atoms with Gasteiger partial charge in [0, 0.05) is 18.1 Å². The Morgan fingerprint density at radius 2 is 1.76 bits per heavy atom. The fourth-order valence-electron chi connectivity index (χ4n) is 2.52. The van der Waals surface area contributed by atoms with Crippen LogP contribution in [0.4, 0.5) is 0 Å². The lowest BCUT2D eigenvalue weighted by Crippen LogP contribution is -2.24. The number of pyridine rings is 1. The number of nitrogens with one attached hydrogen (secondary N) is 1. The third kappa shape index (κ3) is 3.10. The lowest BCUT2D eigenvalue weighted by Gasteiger charge is -2.17. The molecule has 0 aliphatic rings. The van der Waals surface area contributed by atoms with Crippen molar-refractivity contribution in [2.24, 2.45) is 0 Å². The van der Waals surface area contributed by atoms with Gasteiger partial charge >= 0.3 is 0 Å². The summed E-state index contributed by atoms with van der Waals surface area (Å²) in [6, 6.07) is 20.1. The van der Waals surface area contributed by atoms with Gasteiger partial charge in [-0.1, -0.05) is 54.6 Å². The molecule has 0 aliphatic carbocycles. The van der Waals surface area contributed by atoms with Gasteiger partial charge in [-0.2, -0.15) is 0 Å². The first-order valence-electron chi connectivity index (χ1n) is 7.10. The molecule has 1 aromatic heterocycles. The smallest absolute Gasteiger partial charge is 0.0746 e. The van der Waals surface area contributed by atoms with Gasteiger partial charge in [-0.3, -0.25) is 4.98 Å². The van der Waals surface area contributed by atoms with Crippen LogP contribution in [-0.4, -0.2) is 16.7 Å². The third-order valence-electron chi connectivity index (χ3n) is 3.64. The third-order valence-corrected chi connectivity index (χ3v) is 3.64. The van der Waals surface area contributed by atoms with Gasteiger partial charge in [-0.05, 0) is 17.2 Å². The Bertz CT molecular complexity index is 707. The zero-order chi connectivity index (χ0) is 14.5. The molecule has 0 unspecified atom stereocenters. The van der Waals surface area contributed by atoms with Crippen LogP contribution in [-0.2, 0) is 6.54 Å². The molecular formula is C18H18N2O. The average Bonchev–Trinajstić information content (AvgIpc) is 2.56. The highest BCUT2D eigenvalue weighted by molar-refractivity contribution is 5.81. The maximum Gasteiger partial charge on any atom is 0.0746 e. The first kappa shape index (κ1) is 13.7. The quantitative estimate of drug-likeness (QED) is 0.754. The lowest BCUT2D eigenvalue weighted by atomic mass is 10.1. The Hall–Kier alpha value is -2.23. The first-order chi connectivity index (χ1) is 10.4. The second-order valence-electron chi connectivity index (χ2n) is 5.02. The molecule has 1 atom stereocenters. The molecule has 0 saturated carbocycles. The number of aliphatic hydroxyl groups is 1. The average molecular weight is 278 g/mol. The van der Waals surface area contributed by atoms with Crippen LogP contribution in [0.5, 0.6) is 0 Å². The molecule has 3 heteroatoms. The van der Waals surface area contributed by atoms with E-state index in [4.69, 9.17) is 0 Å². The molecule has 1 heterocycles. The summed E-state index contributed by atoms with van der Waals surface area (Å²) in [7, 11) is 0. The summed E-state index contributed by atoms with van der Waals surface area (Å²) in [6.45, 7) is 0.747. The zero-order valence-electron chi connectivity index (χ0n) is 11.7. The molecule has 0 aliphatic heterocycles. The number of aromatic nitrogens is 1. The standard InChI is InChI=1S/C18H18N2O/c21-13-17(14-6-2-1-3-7-14)20-12-16-9-4-8-15-10-5-11-19-18(15)16/h1-11,17,20-21H,12-13H2/t17-/m0/s1. The van der Waals surface area contributed by atoms with Gasteiger partial charge in [0.15, 0.2) is 0 Å². The number of benzene rings is 2. The second kappa shape index (κ2) is 6.48.